The van der Waals surface area contributed by atoms with Crippen LogP contribution in [0.15, 0.2) is 28.7 Å². The summed E-state index contributed by atoms with van der Waals surface area (Å²) in [4.78, 5) is 0. The van der Waals surface area contributed by atoms with E-state index in [-0.39, 0.29) is 11.7 Å². The summed E-state index contributed by atoms with van der Waals surface area (Å²) in [5, 5.41) is 0. The molecule has 2 rings (SSSR count). The van der Waals surface area contributed by atoms with Gasteiger partial charge in [-0.25, -0.2) is 4.39 Å². The molecule has 0 amide bonds. The van der Waals surface area contributed by atoms with E-state index in [4.69, 9.17) is 4.74 Å². The van der Waals surface area contributed by atoms with Gasteiger partial charge < -0.3 is 4.74 Å². The normalized spacial score (nSPS) is 21.3. The Bertz CT molecular complexity index is 401. The molecule has 0 spiro atoms. The first-order valence-electron chi connectivity index (χ1n) is 4.75. The van der Waals surface area contributed by atoms with Crippen LogP contribution in [0.2, 0.25) is 0 Å². The van der Waals surface area contributed by atoms with Crippen molar-refractivity contribution in [2.45, 2.75) is 0 Å². The van der Waals surface area contributed by atoms with E-state index in [1.54, 1.807) is 12.1 Å². The van der Waals surface area contributed by atoms with Crippen molar-refractivity contribution in [1.82, 2.24) is 0 Å². The predicted octanol–water partition coefficient (Wildman–Crippen LogP) is 3.45. The lowest BCUT2D eigenvalue weighted by atomic mass is 9.92. The SMILES string of the molecule is [CH2]C1COCC=C1c1cc(Br)ccc1F. The first-order valence-corrected chi connectivity index (χ1v) is 5.54. The summed E-state index contributed by atoms with van der Waals surface area (Å²) in [6, 6.07) is 4.93. The Hall–Kier alpha value is -0.670. The maximum atomic E-state index is 13.6. The molecule has 1 nitrogen and oxygen atoms in total. The molecule has 15 heavy (non-hydrogen) atoms. The molecule has 79 valence electrons. The monoisotopic (exact) mass is 269 g/mol. The van der Waals surface area contributed by atoms with Crippen molar-refractivity contribution in [2.24, 2.45) is 5.92 Å². The maximum Gasteiger partial charge on any atom is 0.130 e. The molecule has 1 aromatic rings. The molecule has 0 aromatic heterocycles. The van der Waals surface area contributed by atoms with Crippen molar-refractivity contribution >= 4 is 21.5 Å². The fraction of sp³-hybridized carbons (Fsp3) is 0.250. The predicted molar refractivity (Wildman–Crippen MR) is 61.7 cm³/mol. The van der Waals surface area contributed by atoms with E-state index in [0.29, 0.717) is 18.8 Å². The van der Waals surface area contributed by atoms with Gasteiger partial charge in [-0.05, 0) is 30.7 Å². The zero-order valence-corrected chi connectivity index (χ0v) is 9.76. The molecule has 0 bridgehead atoms. The summed E-state index contributed by atoms with van der Waals surface area (Å²) in [7, 11) is 0. The first kappa shape index (κ1) is 10.8. The van der Waals surface area contributed by atoms with Gasteiger partial charge in [0.25, 0.3) is 0 Å². The maximum absolute atomic E-state index is 13.6. The number of halogens is 2. The van der Waals surface area contributed by atoms with E-state index in [1.807, 2.05) is 6.08 Å². The molecule has 0 saturated heterocycles. The highest BCUT2D eigenvalue weighted by Crippen LogP contribution is 2.30. The van der Waals surface area contributed by atoms with Crippen LogP contribution in [0, 0.1) is 18.7 Å². The van der Waals surface area contributed by atoms with Gasteiger partial charge in [0.2, 0.25) is 0 Å². The summed E-state index contributed by atoms with van der Waals surface area (Å²) in [6.07, 6.45) is 1.89. The number of benzene rings is 1. The molecule has 0 saturated carbocycles. The fourth-order valence-electron chi connectivity index (χ4n) is 1.66. The van der Waals surface area contributed by atoms with E-state index in [2.05, 4.69) is 22.9 Å². The van der Waals surface area contributed by atoms with Gasteiger partial charge in [0.1, 0.15) is 5.82 Å². The minimum atomic E-state index is -0.208. The first-order chi connectivity index (χ1) is 7.18. The highest BCUT2D eigenvalue weighted by molar-refractivity contribution is 9.10. The third-order valence-corrected chi connectivity index (χ3v) is 2.91. The molecular formula is C12H11BrFO. The third kappa shape index (κ3) is 2.29. The molecule has 3 heteroatoms. The van der Waals surface area contributed by atoms with Gasteiger partial charge in [-0.3, -0.25) is 0 Å². The van der Waals surface area contributed by atoms with Crippen LogP contribution in [0.5, 0.6) is 0 Å². The smallest absolute Gasteiger partial charge is 0.130 e. The molecule has 1 aliphatic rings. The quantitative estimate of drug-likeness (QED) is 0.759. The molecule has 0 N–H and O–H groups in total. The summed E-state index contributed by atoms with van der Waals surface area (Å²) >= 11 is 3.34. The van der Waals surface area contributed by atoms with Crippen LogP contribution in [-0.2, 0) is 4.74 Å². The lowest BCUT2D eigenvalue weighted by Crippen LogP contribution is -2.15. The molecule has 1 aromatic carbocycles. The molecular weight excluding hydrogens is 259 g/mol. The van der Waals surface area contributed by atoms with E-state index in [9.17, 15) is 4.39 Å². The Kier molecular flexibility index (Phi) is 3.22. The van der Waals surface area contributed by atoms with Crippen LogP contribution in [0.1, 0.15) is 5.56 Å². The minimum Gasteiger partial charge on any atom is -0.377 e. The van der Waals surface area contributed by atoms with Crippen molar-refractivity contribution in [2.75, 3.05) is 13.2 Å². The molecule has 0 fully saturated rings. The second-order valence-corrected chi connectivity index (χ2v) is 4.43. The second-order valence-electron chi connectivity index (χ2n) is 3.52. The van der Waals surface area contributed by atoms with Crippen LogP contribution in [0.3, 0.4) is 0 Å². The minimum absolute atomic E-state index is 0.00236. The highest BCUT2D eigenvalue weighted by Gasteiger charge is 2.18. The zero-order valence-electron chi connectivity index (χ0n) is 8.17. The number of hydrogen-bond acceptors (Lipinski definition) is 1. The number of rotatable bonds is 1. The van der Waals surface area contributed by atoms with Crippen molar-refractivity contribution < 1.29 is 9.13 Å². The number of hydrogen-bond donors (Lipinski definition) is 0. The van der Waals surface area contributed by atoms with Crippen LogP contribution >= 0.6 is 15.9 Å². The van der Waals surface area contributed by atoms with Gasteiger partial charge in [0, 0.05) is 16.0 Å². The standard InChI is InChI=1S/C12H11BrFO/c1-8-7-15-5-4-10(8)11-6-9(13)2-3-12(11)14/h2-4,6,8H,1,5,7H2. The van der Waals surface area contributed by atoms with E-state index < -0.39 is 0 Å². The summed E-state index contributed by atoms with van der Waals surface area (Å²) in [5.74, 6) is -0.206. The molecule has 0 aliphatic carbocycles. The van der Waals surface area contributed by atoms with Gasteiger partial charge in [0.05, 0.1) is 13.2 Å². The van der Waals surface area contributed by atoms with Crippen LogP contribution < -0.4 is 0 Å². The van der Waals surface area contributed by atoms with Crippen molar-refractivity contribution in [3.8, 4) is 0 Å². The van der Waals surface area contributed by atoms with Gasteiger partial charge >= 0.3 is 0 Å². The summed E-state index contributed by atoms with van der Waals surface area (Å²) < 4.78 is 19.7. The molecule has 1 heterocycles. The van der Waals surface area contributed by atoms with Crippen LogP contribution in [0.4, 0.5) is 4.39 Å². The molecule has 1 radical (unpaired) electrons. The Morgan fingerprint density at radius 2 is 2.27 bits per heavy atom. The van der Waals surface area contributed by atoms with Gasteiger partial charge in [-0.15, -0.1) is 0 Å². The molecule has 1 unspecified atom stereocenters. The van der Waals surface area contributed by atoms with Crippen molar-refractivity contribution in [3.63, 3.8) is 0 Å². The van der Waals surface area contributed by atoms with Crippen LogP contribution in [-0.4, -0.2) is 13.2 Å². The summed E-state index contributed by atoms with van der Waals surface area (Å²) in [5.41, 5.74) is 1.55. The fourth-order valence-corrected chi connectivity index (χ4v) is 2.03. The van der Waals surface area contributed by atoms with Crippen molar-refractivity contribution in [1.29, 1.82) is 0 Å². The average Bonchev–Trinajstić information content (AvgIpc) is 2.23. The van der Waals surface area contributed by atoms with E-state index in [0.717, 1.165) is 10.0 Å². The number of ether oxygens (including phenoxy) is 1. The van der Waals surface area contributed by atoms with Gasteiger partial charge in [0.15, 0.2) is 0 Å². The Morgan fingerprint density at radius 1 is 1.47 bits per heavy atom. The Morgan fingerprint density at radius 3 is 3.00 bits per heavy atom. The lowest BCUT2D eigenvalue weighted by Gasteiger charge is -2.21. The largest absolute Gasteiger partial charge is 0.377 e. The van der Waals surface area contributed by atoms with Gasteiger partial charge in [-0.2, -0.15) is 0 Å². The highest BCUT2D eigenvalue weighted by atomic mass is 79.9. The Balaban J connectivity index is 2.43. The average molecular weight is 270 g/mol. The second kappa shape index (κ2) is 4.45. The third-order valence-electron chi connectivity index (χ3n) is 2.42. The molecule has 1 atom stereocenters. The summed E-state index contributed by atoms with van der Waals surface area (Å²) in [6.45, 7) is 5.04. The van der Waals surface area contributed by atoms with E-state index >= 15 is 0 Å². The van der Waals surface area contributed by atoms with Crippen LogP contribution in [0.25, 0.3) is 5.57 Å². The zero-order chi connectivity index (χ0) is 10.8. The molecule has 1 aliphatic heterocycles. The van der Waals surface area contributed by atoms with E-state index in [1.165, 1.54) is 6.07 Å². The lowest BCUT2D eigenvalue weighted by molar-refractivity contribution is 0.142. The Labute approximate surface area is 97.1 Å². The van der Waals surface area contributed by atoms with Gasteiger partial charge in [-0.1, -0.05) is 22.0 Å². The van der Waals surface area contributed by atoms with Crippen molar-refractivity contribution in [3.05, 3.63) is 47.1 Å². The topological polar surface area (TPSA) is 9.23 Å².